The molecule has 0 heterocycles. The minimum Gasteiger partial charge on any atom is -0.289 e. The van der Waals surface area contributed by atoms with Gasteiger partial charge in [-0.25, -0.2) is 0 Å². The molecule has 0 aliphatic rings. The van der Waals surface area contributed by atoms with Gasteiger partial charge in [0.25, 0.3) is 0 Å². The number of aryl methyl sites for hydroxylation is 1. The van der Waals surface area contributed by atoms with E-state index in [4.69, 9.17) is 23.2 Å². The minimum absolute atomic E-state index is 0.0834. The van der Waals surface area contributed by atoms with E-state index in [1.165, 1.54) is 0 Å². The number of hydrogen-bond donors (Lipinski definition) is 0. The van der Waals surface area contributed by atoms with Crippen LogP contribution in [-0.4, -0.2) is 5.78 Å². The smallest absolute Gasteiger partial charge is 0.194 e. The Morgan fingerprint density at radius 3 is 2.39 bits per heavy atom. The maximum atomic E-state index is 12.5. The first-order valence-corrected chi connectivity index (χ1v) is 6.47. The molecule has 0 aliphatic carbocycles. The summed E-state index contributed by atoms with van der Waals surface area (Å²) >= 11 is 12.0. The molecular formula is C15H12Cl2O. The molecule has 0 saturated carbocycles. The highest BCUT2D eigenvalue weighted by molar-refractivity contribution is 6.44. The summed E-state index contributed by atoms with van der Waals surface area (Å²) in [4.78, 5) is 12.5. The second kappa shape index (κ2) is 5.55. The zero-order valence-corrected chi connectivity index (χ0v) is 11.4. The zero-order valence-electron chi connectivity index (χ0n) is 9.91. The van der Waals surface area contributed by atoms with Crippen molar-refractivity contribution in [2.45, 2.75) is 13.3 Å². The van der Waals surface area contributed by atoms with E-state index in [0.717, 1.165) is 12.0 Å². The van der Waals surface area contributed by atoms with E-state index < -0.39 is 0 Å². The van der Waals surface area contributed by atoms with E-state index in [1.807, 2.05) is 31.2 Å². The Balaban J connectivity index is 2.52. The summed E-state index contributed by atoms with van der Waals surface area (Å²) < 4.78 is 0. The number of hydrogen-bond acceptors (Lipinski definition) is 1. The quantitative estimate of drug-likeness (QED) is 0.738. The lowest BCUT2D eigenvalue weighted by Gasteiger charge is -2.08. The van der Waals surface area contributed by atoms with Crippen LogP contribution < -0.4 is 0 Å². The third kappa shape index (κ3) is 2.43. The largest absolute Gasteiger partial charge is 0.289 e. The van der Waals surface area contributed by atoms with Gasteiger partial charge in [-0.3, -0.25) is 4.79 Å². The molecule has 2 aromatic rings. The maximum absolute atomic E-state index is 12.5. The van der Waals surface area contributed by atoms with Crippen LogP contribution in [0.15, 0.2) is 42.5 Å². The average molecular weight is 279 g/mol. The van der Waals surface area contributed by atoms with Crippen molar-refractivity contribution in [3.8, 4) is 0 Å². The molecule has 0 saturated heterocycles. The van der Waals surface area contributed by atoms with Crippen LogP contribution in [0.4, 0.5) is 0 Å². The van der Waals surface area contributed by atoms with Gasteiger partial charge >= 0.3 is 0 Å². The Morgan fingerprint density at radius 2 is 1.67 bits per heavy atom. The fourth-order valence-corrected chi connectivity index (χ4v) is 2.26. The summed E-state index contributed by atoms with van der Waals surface area (Å²) in [5.41, 5.74) is 2.15. The van der Waals surface area contributed by atoms with E-state index >= 15 is 0 Å². The molecule has 0 bridgehead atoms. The van der Waals surface area contributed by atoms with Crippen LogP contribution in [0.1, 0.15) is 28.4 Å². The third-order valence-electron chi connectivity index (χ3n) is 2.84. The Kier molecular flexibility index (Phi) is 4.05. The number of halogens is 2. The fourth-order valence-electron chi connectivity index (χ4n) is 1.87. The monoisotopic (exact) mass is 278 g/mol. The number of carbonyl (C=O) groups excluding carboxylic acids is 1. The van der Waals surface area contributed by atoms with Gasteiger partial charge in [0.1, 0.15) is 0 Å². The number of carbonyl (C=O) groups is 1. The Bertz CT molecular complexity index is 591. The molecule has 0 aromatic heterocycles. The SMILES string of the molecule is CCc1ccccc1C(=O)c1cccc(Cl)c1Cl. The molecule has 0 radical (unpaired) electrons. The van der Waals surface area contributed by atoms with Gasteiger partial charge in [-0.2, -0.15) is 0 Å². The summed E-state index contributed by atoms with van der Waals surface area (Å²) in [6.45, 7) is 2.02. The molecule has 3 heteroatoms. The van der Waals surface area contributed by atoms with Gasteiger partial charge in [0.2, 0.25) is 0 Å². The van der Waals surface area contributed by atoms with Gasteiger partial charge in [0.05, 0.1) is 10.0 Å². The maximum Gasteiger partial charge on any atom is 0.194 e. The molecule has 1 nitrogen and oxygen atoms in total. The van der Waals surface area contributed by atoms with Gasteiger partial charge in [0.15, 0.2) is 5.78 Å². The minimum atomic E-state index is -0.0834. The van der Waals surface area contributed by atoms with Crippen LogP contribution in [-0.2, 0) is 6.42 Å². The highest BCUT2D eigenvalue weighted by Gasteiger charge is 2.16. The Labute approximate surface area is 116 Å². The molecule has 0 unspecified atom stereocenters. The van der Waals surface area contributed by atoms with Crippen molar-refractivity contribution in [1.29, 1.82) is 0 Å². The third-order valence-corrected chi connectivity index (χ3v) is 3.66. The predicted octanol–water partition coefficient (Wildman–Crippen LogP) is 4.79. The predicted molar refractivity (Wildman–Crippen MR) is 75.7 cm³/mol. The zero-order chi connectivity index (χ0) is 13.1. The van der Waals surface area contributed by atoms with Crippen LogP contribution in [0.5, 0.6) is 0 Å². The molecule has 0 fully saturated rings. The lowest BCUT2D eigenvalue weighted by Crippen LogP contribution is -2.05. The summed E-state index contributed by atoms with van der Waals surface area (Å²) in [7, 11) is 0. The standard InChI is InChI=1S/C15H12Cl2O/c1-2-10-6-3-4-7-11(10)15(18)12-8-5-9-13(16)14(12)17/h3-9H,2H2,1H3. The normalized spacial score (nSPS) is 10.4. The van der Waals surface area contributed by atoms with E-state index in [2.05, 4.69) is 0 Å². The van der Waals surface area contributed by atoms with Crippen molar-refractivity contribution in [3.63, 3.8) is 0 Å². The summed E-state index contributed by atoms with van der Waals surface area (Å²) in [5.74, 6) is -0.0834. The van der Waals surface area contributed by atoms with Gasteiger partial charge in [-0.1, -0.05) is 60.5 Å². The van der Waals surface area contributed by atoms with Crippen molar-refractivity contribution in [2.24, 2.45) is 0 Å². The average Bonchev–Trinajstić information content (AvgIpc) is 2.41. The summed E-state index contributed by atoms with van der Waals surface area (Å²) in [5, 5.41) is 0.714. The first-order valence-electron chi connectivity index (χ1n) is 5.71. The molecule has 0 N–H and O–H groups in total. The summed E-state index contributed by atoms with van der Waals surface area (Å²) in [6.07, 6.45) is 0.806. The Hall–Kier alpha value is -1.31. The number of rotatable bonds is 3. The molecule has 92 valence electrons. The topological polar surface area (TPSA) is 17.1 Å². The van der Waals surface area contributed by atoms with Crippen LogP contribution in [0.3, 0.4) is 0 Å². The molecular weight excluding hydrogens is 267 g/mol. The van der Waals surface area contributed by atoms with E-state index in [9.17, 15) is 4.79 Å². The highest BCUT2D eigenvalue weighted by atomic mass is 35.5. The first kappa shape index (κ1) is 13.1. The van der Waals surface area contributed by atoms with Crippen molar-refractivity contribution in [2.75, 3.05) is 0 Å². The van der Waals surface area contributed by atoms with Crippen LogP contribution in [0.2, 0.25) is 10.0 Å². The molecule has 2 aromatic carbocycles. The van der Waals surface area contributed by atoms with Gasteiger partial charge in [-0.15, -0.1) is 0 Å². The number of benzene rings is 2. The molecule has 18 heavy (non-hydrogen) atoms. The van der Waals surface area contributed by atoms with E-state index in [1.54, 1.807) is 18.2 Å². The molecule has 0 spiro atoms. The van der Waals surface area contributed by atoms with Crippen molar-refractivity contribution < 1.29 is 4.79 Å². The van der Waals surface area contributed by atoms with Crippen LogP contribution >= 0.6 is 23.2 Å². The fraction of sp³-hybridized carbons (Fsp3) is 0.133. The highest BCUT2D eigenvalue weighted by Crippen LogP contribution is 2.28. The van der Waals surface area contributed by atoms with Crippen molar-refractivity contribution in [1.82, 2.24) is 0 Å². The molecule has 0 amide bonds. The lowest BCUT2D eigenvalue weighted by molar-refractivity contribution is 0.103. The van der Waals surface area contributed by atoms with Gasteiger partial charge in [-0.05, 0) is 24.1 Å². The lowest BCUT2D eigenvalue weighted by atomic mass is 9.97. The molecule has 0 atom stereocenters. The van der Waals surface area contributed by atoms with Crippen LogP contribution in [0.25, 0.3) is 0 Å². The van der Waals surface area contributed by atoms with E-state index in [-0.39, 0.29) is 5.78 Å². The van der Waals surface area contributed by atoms with Crippen LogP contribution in [0, 0.1) is 0 Å². The second-order valence-corrected chi connectivity index (χ2v) is 4.73. The summed E-state index contributed by atoms with van der Waals surface area (Å²) in [6, 6.07) is 12.6. The van der Waals surface area contributed by atoms with Crippen molar-refractivity contribution in [3.05, 3.63) is 69.2 Å². The second-order valence-electron chi connectivity index (χ2n) is 3.94. The van der Waals surface area contributed by atoms with E-state index in [0.29, 0.717) is 21.2 Å². The van der Waals surface area contributed by atoms with Gasteiger partial charge < -0.3 is 0 Å². The number of ketones is 1. The van der Waals surface area contributed by atoms with Crippen molar-refractivity contribution >= 4 is 29.0 Å². The Morgan fingerprint density at radius 1 is 1.00 bits per heavy atom. The first-order chi connectivity index (χ1) is 8.65. The molecule has 2 rings (SSSR count). The van der Waals surface area contributed by atoms with Gasteiger partial charge in [0, 0.05) is 11.1 Å². The molecule has 0 aliphatic heterocycles.